The highest BCUT2D eigenvalue weighted by molar-refractivity contribution is 9.10. The number of fused-ring (bicyclic) bond motifs is 2. The van der Waals surface area contributed by atoms with Crippen molar-refractivity contribution in [2.24, 2.45) is 0 Å². The molecule has 0 unspecified atom stereocenters. The number of para-hydroxylation sites is 4. The molecule has 0 amide bonds. The molecule has 2 N–H and O–H groups in total. The van der Waals surface area contributed by atoms with E-state index in [9.17, 15) is 17.6 Å². The highest BCUT2D eigenvalue weighted by Crippen LogP contribution is 2.32. The summed E-state index contributed by atoms with van der Waals surface area (Å²) in [5.41, 5.74) is 3.03. The monoisotopic (exact) mass is 1070 g/mol. The molecular formula is C50H52BrClF4N14O2. The Labute approximate surface area is 426 Å². The molecule has 0 atom stereocenters. The average Bonchev–Trinajstić information content (AvgIpc) is 3.96. The number of ether oxygens (including phenoxy) is 2. The molecule has 22 heteroatoms. The molecule has 16 nitrogen and oxygen atoms in total. The van der Waals surface area contributed by atoms with Gasteiger partial charge in [0.2, 0.25) is 35.7 Å². The van der Waals surface area contributed by atoms with Crippen LogP contribution in [-0.4, -0.2) is 113 Å². The van der Waals surface area contributed by atoms with E-state index in [1.165, 1.54) is 9.13 Å². The van der Waals surface area contributed by atoms with Crippen LogP contribution in [0.5, 0.6) is 0 Å². The molecule has 10 rings (SSSR count). The maximum atomic E-state index is 14.1. The summed E-state index contributed by atoms with van der Waals surface area (Å²) in [6.07, 6.45) is -4.34. The molecule has 0 saturated carbocycles. The second-order valence-corrected chi connectivity index (χ2v) is 19.7. The van der Waals surface area contributed by atoms with Crippen molar-refractivity contribution in [3.63, 3.8) is 0 Å². The topological polar surface area (TPSA) is 162 Å². The molecular weight excluding hydrogens is 1020 g/mol. The Hall–Kier alpha value is -6.55. The van der Waals surface area contributed by atoms with Gasteiger partial charge in [-0.25, -0.2) is 27.5 Å². The van der Waals surface area contributed by atoms with Crippen LogP contribution in [0.4, 0.5) is 41.4 Å². The van der Waals surface area contributed by atoms with Crippen LogP contribution in [0.15, 0.2) is 102 Å². The molecule has 0 spiro atoms. The molecule has 8 aromatic rings. The van der Waals surface area contributed by atoms with Crippen LogP contribution >= 0.6 is 27.5 Å². The number of halogens is 6. The molecule has 0 bridgehead atoms. The maximum absolute atomic E-state index is 14.1. The summed E-state index contributed by atoms with van der Waals surface area (Å²) >= 11 is 10.00. The first-order valence-corrected chi connectivity index (χ1v) is 24.5. The lowest BCUT2D eigenvalue weighted by Crippen LogP contribution is -2.39. The minimum atomic E-state index is -2.81. The van der Waals surface area contributed by atoms with E-state index in [1.807, 2.05) is 80.0 Å². The summed E-state index contributed by atoms with van der Waals surface area (Å²) in [6, 6.07) is 29.6. The lowest BCUT2D eigenvalue weighted by atomic mass is 9.95. The van der Waals surface area contributed by atoms with Gasteiger partial charge in [0.15, 0.2) is 11.6 Å². The van der Waals surface area contributed by atoms with Crippen molar-refractivity contribution in [2.45, 2.75) is 64.5 Å². The van der Waals surface area contributed by atoms with Gasteiger partial charge in [-0.1, -0.05) is 88.2 Å². The van der Waals surface area contributed by atoms with Crippen molar-refractivity contribution >= 4 is 73.4 Å². The zero-order valence-electron chi connectivity index (χ0n) is 39.9. The summed E-state index contributed by atoms with van der Waals surface area (Å²) in [5, 5.41) is 7.45. The van der Waals surface area contributed by atoms with E-state index in [4.69, 9.17) is 21.1 Å². The molecule has 4 aromatic carbocycles. The molecule has 2 saturated heterocycles. The van der Waals surface area contributed by atoms with E-state index in [1.54, 1.807) is 48.5 Å². The van der Waals surface area contributed by atoms with Crippen LogP contribution in [0, 0.1) is 0 Å². The zero-order chi connectivity index (χ0) is 50.6. The number of nitrogens with one attached hydrogen (secondary N) is 2. The van der Waals surface area contributed by atoms with E-state index < -0.39 is 35.6 Å². The number of benzene rings is 4. The Morgan fingerprint density at radius 2 is 0.917 bits per heavy atom. The molecule has 0 aliphatic carbocycles. The molecule has 6 heterocycles. The van der Waals surface area contributed by atoms with Crippen molar-refractivity contribution in [1.82, 2.24) is 49.0 Å². The van der Waals surface area contributed by atoms with E-state index >= 15 is 0 Å². The van der Waals surface area contributed by atoms with Crippen molar-refractivity contribution in [3.8, 4) is 11.9 Å². The Balaban J connectivity index is 0.000000178. The van der Waals surface area contributed by atoms with Gasteiger partial charge in [-0.3, -0.25) is 9.13 Å². The fraction of sp³-hybridized carbons (Fsp3) is 0.360. The first kappa shape index (κ1) is 50.4. The fourth-order valence-electron chi connectivity index (χ4n) is 8.56. The summed E-state index contributed by atoms with van der Waals surface area (Å²) in [7, 11) is 0. The second kappa shape index (κ2) is 21.7. The summed E-state index contributed by atoms with van der Waals surface area (Å²) in [4.78, 5) is 39.9. The number of alkyl halides is 4. The third kappa shape index (κ3) is 11.7. The lowest BCUT2D eigenvalue weighted by Gasteiger charge is -2.29. The van der Waals surface area contributed by atoms with Crippen LogP contribution < -0.4 is 20.4 Å². The first-order chi connectivity index (χ1) is 34.6. The first-order valence-electron chi connectivity index (χ1n) is 23.3. The number of rotatable bonds is 14. The minimum Gasteiger partial charge on any atom is -0.378 e. The number of hydrogen-bond acceptors (Lipinski definition) is 14. The number of aromatic nitrogens is 10. The fourth-order valence-corrected chi connectivity index (χ4v) is 9.19. The second-order valence-electron chi connectivity index (χ2n) is 18.5. The predicted molar refractivity (Wildman–Crippen MR) is 273 cm³/mol. The number of imidazole rings is 2. The van der Waals surface area contributed by atoms with Gasteiger partial charge in [-0.05, 0) is 88.1 Å². The molecule has 72 heavy (non-hydrogen) atoms. The number of anilines is 4. The number of nitrogens with zero attached hydrogens (tertiary/aromatic N) is 12. The van der Waals surface area contributed by atoms with Crippen LogP contribution in [0.25, 0.3) is 34.0 Å². The van der Waals surface area contributed by atoms with Crippen LogP contribution in [0.2, 0.25) is 5.02 Å². The maximum Gasteiger partial charge on any atom is 0.296 e. The lowest BCUT2D eigenvalue weighted by molar-refractivity contribution is 0.122. The van der Waals surface area contributed by atoms with Crippen LogP contribution in [0.3, 0.4) is 0 Å². The van der Waals surface area contributed by atoms with Gasteiger partial charge in [-0.2, -0.15) is 29.9 Å². The number of morpholine rings is 2. The van der Waals surface area contributed by atoms with E-state index in [2.05, 4.69) is 72.5 Å². The van der Waals surface area contributed by atoms with Gasteiger partial charge in [0.25, 0.3) is 12.9 Å². The van der Waals surface area contributed by atoms with Gasteiger partial charge in [0.1, 0.15) is 0 Å². The van der Waals surface area contributed by atoms with E-state index in [0.29, 0.717) is 110 Å². The van der Waals surface area contributed by atoms with Crippen molar-refractivity contribution in [3.05, 3.63) is 129 Å². The summed E-state index contributed by atoms with van der Waals surface area (Å²) in [6.45, 7) is 12.6. The van der Waals surface area contributed by atoms with Gasteiger partial charge in [0, 0.05) is 46.8 Å². The smallest absolute Gasteiger partial charge is 0.296 e. The van der Waals surface area contributed by atoms with Crippen molar-refractivity contribution in [2.75, 3.05) is 73.0 Å². The molecule has 4 aromatic heterocycles. The van der Waals surface area contributed by atoms with Gasteiger partial charge < -0.3 is 29.9 Å². The Morgan fingerprint density at radius 3 is 1.36 bits per heavy atom. The van der Waals surface area contributed by atoms with Crippen molar-refractivity contribution in [1.29, 1.82) is 0 Å². The molecule has 0 radical (unpaired) electrons. The minimum absolute atomic E-state index is 0.0755. The normalized spacial score (nSPS) is 14.6. The molecule has 2 fully saturated rings. The quantitative estimate of drug-likeness (QED) is 0.0990. The van der Waals surface area contributed by atoms with Crippen LogP contribution in [-0.2, 0) is 22.3 Å². The third-order valence-corrected chi connectivity index (χ3v) is 13.0. The molecule has 2 aliphatic rings. The average molecular weight is 1070 g/mol. The van der Waals surface area contributed by atoms with Gasteiger partial charge >= 0.3 is 0 Å². The molecule has 2 aliphatic heterocycles. The zero-order valence-corrected chi connectivity index (χ0v) is 42.3. The highest BCUT2D eigenvalue weighted by atomic mass is 79.9. The SMILES string of the molecule is CC(C)(Cc1ccccc1Br)Nc1nc(N2CCOCC2)nc(-n2c(C(F)F)nc3ccccc32)n1.CC(C)(Cc1ccccc1Cl)Nc1nc(N2CCOCC2)nc(-n2c(C(F)F)nc3ccccc32)n1. The largest absolute Gasteiger partial charge is 0.378 e. The summed E-state index contributed by atoms with van der Waals surface area (Å²) < 4.78 is 70.8. The standard InChI is InChI=1S/C25H26BrF2N7O.C25H26ClF2N7O/c2*1-25(2,15-16-7-3-4-8-17(16)26)33-22-30-23(34-11-13-36-14-12-34)32-24(31-22)35-19-10-6-5-9-18(19)29-21(35)20(27)28/h2*3-10,20H,11-15H2,1-2H3,(H,30,31,32,33). The van der Waals surface area contributed by atoms with Gasteiger partial charge in [-0.15, -0.1) is 0 Å². The Kier molecular flexibility index (Phi) is 15.2. The van der Waals surface area contributed by atoms with Crippen LogP contribution in [0.1, 0.15) is 63.3 Å². The van der Waals surface area contributed by atoms with E-state index in [-0.39, 0.29) is 17.8 Å². The predicted octanol–water partition coefficient (Wildman–Crippen LogP) is 10.3. The Bertz CT molecular complexity index is 2950. The van der Waals surface area contributed by atoms with E-state index in [0.717, 1.165) is 15.6 Å². The summed E-state index contributed by atoms with van der Waals surface area (Å²) in [5.74, 6) is 0.706. The Morgan fingerprint density at radius 1 is 0.528 bits per heavy atom. The van der Waals surface area contributed by atoms with Gasteiger partial charge in [0.05, 0.1) is 48.5 Å². The van der Waals surface area contributed by atoms with Crippen molar-refractivity contribution < 1.29 is 27.0 Å². The third-order valence-electron chi connectivity index (χ3n) is 11.9. The molecule has 376 valence electrons. The number of hydrogen-bond donors (Lipinski definition) is 2. The highest BCUT2D eigenvalue weighted by Gasteiger charge is 2.29.